The minimum atomic E-state index is -3.68. The van der Waals surface area contributed by atoms with Gasteiger partial charge in [-0.15, -0.1) is 0 Å². The fourth-order valence-corrected chi connectivity index (χ4v) is 3.62. The molecule has 1 aromatic heterocycles. The molecule has 1 aromatic carbocycles. The zero-order valence-corrected chi connectivity index (χ0v) is 13.3. The second kappa shape index (κ2) is 6.05. The Labute approximate surface area is 133 Å². The Kier molecular flexibility index (Phi) is 4.10. The molecule has 0 atom stereocenters. The van der Waals surface area contributed by atoms with Gasteiger partial charge in [0.1, 0.15) is 11.5 Å². The Morgan fingerprint density at radius 3 is 2.91 bits per heavy atom. The van der Waals surface area contributed by atoms with Gasteiger partial charge in [-0.2, -0.15) is 0 Å². The lowest BCUT2D eigenvalue weighted by atomic mass is 10.2. The number of benzene rings is 1. The molecule has 2 aromatic rings. The van der Waals surface area contributed by atoms with Crippen LogP contribution in [0.15, 0.2) is 39.8 Å². The van der Waals surface area contributed by atoms with Gasteiger partial charge in [0, 0.05) is 19.0 Å². The summed E-state index contributed by atoms with van der Waals surface area (Å²) in [4.78, 5) is 11.4. The largest absolute Gasteiger partial charge is 0.482 e. The zero-order chi connectivity index (χ0) is 16.4. The molecule has 3 rings (SSSR count). The molecular formula is C15H16N2O5S. The predicted molar refractivity (Wildman–Crippen MR) is 82.9 cm³/mol. The molecule has 0 radical (unpaired) electrons. The summed E-state index contributed by atoms with van der Waals surface area (Å²) >= 11 is 0. The maximum absolute atomic E-state index is 12.4. The molecule has 7 nitrogen and oxygen atoms in total. The van der Waals surface area contributed by atoms with E-state index in [4.69, 9.17) is 9.15 Å². The van der Waals surface area contributed by atoms with Gasteiger partial charge in [0.15, 0.2) is 6.61 Å². The number of hydrogen-bond donors (Lipinski definition) is 2. The van der Waals surface area contributed by atoms with Gasteiger partial charge in [-0.1, -0.05) is 0 Å². The monoisotopic (exact) mass is 336 g/mol. The van der Waals surface area contributed by atoms with Crippen molar-refractivity contribution in [3.63, 3.8) is 0 Å². The maximum atomic E-state index is 12.4. The molecule has 122 valence electrons. The van der Waals surface area contributed by atoms with E-state index in [1.165, 1.54) is 6.07 Å². The number of ether oxygens (including phenoxy) is 1. The van der Waals surface area contributed by atoms with E-state index in [0.29, 0.717) is 29.2 Å². The SMILES string of the molecule is Cc1cc2c(cc1S(=O)(=O)NCCc1ccco1)OCC(=O)N2. The van der Waals surface area contributed by atoms with Crippen molar-refractivity contribution < 1.29 is 22.4 Å². The average molecular weight is 336 g/mol. The Bertz CT molecular complexity index is 828. The van der Waals surface area contributed by atoms with Crippen LogP contribution in [0.25, 0.3) is 0 Å². The van der Waals surface area contributed by atoms with E-state index in [-0.39, 0.29) is 24.0 Å². The molecule has 23 heavy (non-hydrogen) atoms. The third-order valence-electron chi connectivity index (χ3n) is 3.44. The standard InChI is InChI=1S/C15H16N2O5S/c1-10-7-12-13(22-9-15(18)17-12)8-14(10)23(19,20)16-5-4-11-3-2-6-21-11/h2-3,6-8,16H,4-5,9H2,1H3,(H,17,18). The topological polar surface area (TPSA) is 97.6 Å². The zero-order valence-electron chi connectivity index (χ0n) is 12.5. The lowest BCUT2D eigenvalue weighted by Gasteiger charge is -2.20. The van der Waals surface area contributed by atoms with Crippen LogP contribution >= 0.6 is 0 Å². The van der Waals surface area contributed by atoms with Crippen LogP contribution in [0.3, 0.4) is 0 Å². The molecule has 8 heteroatoms. The number of anilines is 1. The summed E-state index contributed by atoms with van der Waals surface area (Å²) in [7, 11) is -3.68. The van der Waals surface area contributed by atoms with Crippen LogP contribution in [0.5, 0.6) is 5.75 Å². The highest BCUT2D eigenvalue weighted by Crippen LogP contribution is 2.32. The number of carbonyl (C=O) groups excluding carboxylic acids is 1. The molecule has 0 saturated heterocycles. The third kappa shape index (κ3) is 3.38. The van der Waals surface area contributed by atoms with Crippen LogP contribution in [0.1, 0.15) is 11.3 Å². The Balaban J connectivity index is 1.78. The second-order valence-electron chi connectivity index (χ2n) is 5.18. The molecule has 0 bridgehead atoms. The fourth-order valence-electron chi connectivity index (χ4n) is 2.35. The highest BCUT2D eigenvalue weighted by Gasteiger charge is 2.23. The van der Waals surface area contributed by atoms with Gasteiger partial charge in [0.05, 0.1) is 16.8 Å². The maximum Gasteiger partial charge on any atom is 0.262 e. The summed E-state index contributed by atoms with van der Waals surface area (Å²) in [5.41, 5.74) is 1.01. The Morgan fingerprint density at radius 2 is 2.17 bits per heavy atom. The predicted octanol–water partition coefficient (Wildman–Crippen LogP) is 1.44. The highest BCUT2D eigenvalue weighted by molar-refractivity contribution is 7.89. The lowest BCUT2D eigenvalue weighted by Crippen LogP contribution is -2.28. The van der Waals surface area contributed by atoms with Crippen molar-refractivity contribution in [3.8, 4) is 5.75 Å². The minimum Gasteiger partial charge on any atom is -0.482 e. The fraction of sp³-hybridized carbons (Fsp3) is 0.267. The van der Waals surface area contributed by atoms with Gasteiger partial charge in [-0.3, -0.25) is 4.79 Å². The first-order chi connectivity index (χ1) is 11.0. The Hall–Kier alpha value is -2.32. The molecule has 1 aliphatic rings. The lowest BCUT2D eigenvalue weighted by molar-refractivity contribution is -0.118. The minimum absolute atomic E-state index is 0.124. The molecule has 2 heterocycles. The summed E-state index contributed by atoms with van der Waals surface area (Å²) in [5, 5.41) is 2.65. The van der Waals surface area contributed by atoms with Gasteiger partial charge >= 0.3 is 0 Å². The number of furan rings is 1. The molecule has 0 fully saturated rings. The van der Waals surface area contributed by atoms with Gasteiger partial charge in [0.25, 0.3) is 5.91 Å². The number of sulfonamides is 1. The van der Waals surface area contributed by atoms with E-state index in [1.54, 1.807) is 31.4 Å². The molecule has 2 N–H and O–H groups in total. The van der Waals surface area contributed by atoms with E-state index in [1.807, 2.05) is 0 Å². The van der Waals surface area contributed by atoms with Crippen LogP contribution < -0.4 is 14.8 Å². The van der Waals surface area contributed by atoms with E-state index in [0.717, 1.165) is 0 Å². The number of carbonyl (C=O) groups is 1. The van der Waals surface area contributed by atoms with Crippen LogP contribution in [0, 0.1) is 6.92 Å². The molecular weight excluding hydrogens is 320 g/mol. The van der Waals surface area contributed by atoms with Crippen LogP contribution in [0.2, 0.25) is 0 Å². The number of aryl methyl sites for hydroxylation is 1. The number of rotatable bonds is 5. The first-order valence-electron chi connectivity index (χ1n) is 7.05. The summed E-state index contributed by atoms with van der Waals surface area (Å²) in [5.74, 6) is 0.798. The molecule has 0 spiro atoms. The van der Waals surface area contributed by atoms with Crippen molar-refractivity contribution in [3.05, 3.63) is 41.9 Å². The summed E-state index contributed by atoms with van der Waals surface area (Å²) in [6.07, 6.45) is 2.01. The summed E-state index contributed by atoms with van der Waals surface area (Å²) in [6.45, 7) is 1.77. The van der Waals surface area contributed by atoms with Crippen molar-refractivity contribution in [2.75, 3.05) is 18.5 Å². The average Bonchev–Trinajstić information content (AvgIpc) is 2.99. The number of fused-ring (bicyclic) bond motifs is 1. The van der Waals surface area contributed by atoms with E-state index in [2.05, 4.69) is 10.0 Å². The molecule has 0 unspecified atom stereocenters. The van der Waals surface area contributed by atoms with Gasteiger partial charge < -0.3 is 14.5 Å². The van der Waals surface area contributed by atoms with Crippen molar-refractivity contribution >= 4 is 21.6 Å². The smallest absolute Gasteiger partial charge is 0.262 e. The van der Waals surface area contributed by atoms with Crippen molar-refractivity contribution in [2.24, 2.45) is 0 Å². The second-order valence-corrected chi connectivity index (χ2v) is 6.91. The van der Waals surface area contributed by atoms with E-state index in [9.17, 15) is 13.2 Å². The van der Waals surface area contributed by atoms with Crippen molar-refractivity contribution in [2.45, 2.75) is 18.2 Å². The van der Waals surface area contributed by atoms with Gasteiger partial charge in [-0.25, -0.2) is 13.1 Å². The Morgan fingerprint density at radius 1 is 1.35 bits per heavy atom. The van der Waals surface area contributed by atoms with Crippen LogP contribution in [-0.2, 0) is 21.2 Å². The number of hydrogen-bond acceptors (Lipinski definition) is 5. The van der Waals surface area contributed by atoms with E-state index >= 15 is 0 Å². The highest BCUT2D eigenvalue weighted by atomic mass is 32.2. The van der Waals surface area contributed by atoms with Crippen LogP contribution in [0.4, 0.5) is 5.69 Å². The number of nitrogens with one attached hydrogen (secondary N) is 2. The quantitative estimate of drug-likeness (QED) is 0.861. The summed E-state index contributed by atoms with van der Waals surface area (Å²) < 4.78 is 37.9. The first kappa shape index (κ1) is 15.6. The molecule has 0 aliphatic carbocycles. The van der Waals surface area contributed by atoms with Crippen molar-refractivity contribution in [1.82, 2.24) is 4.72 Å². The summed E-state index contributed by atoms with van der Waals surface area (Å²) in [6, 6.07) is 6.56. The first-order valence-corrected chi connectivity index (χ1v) is 8.53. The van der Waals surface area contributed by atoms with Crippen molar-refractivity contribution in [1.29, 1.82) is 0 Å². The van der Waals surface area contributed by atoms with Crippen LogP contribution in [-0.4, -0.2) is 27.5 Å². The van der Waals surface area contributed by atoms with Gasteiger partial charge in [0.2, 0.25) is 10.0 Å². The number of amides is 1. The third-order valence-corrected chi connectivity index (χ3v) is 5.05. The van der Waals surface area contributed by atoms with E-state index < -0.39 is 10.0 Å². The molecule has 1 amide bonds. The normalized spacial score (nSPS) is 14.0. The molecule has 0 saturated carbocycles. The van der Waals surface area contributed by atoms with Gasteiger partial charge in [-0.05, 0) is 30.7 Å². The molecule has 1 aliphatic heterocycles.